The Kier molecular flexibility index (Phi) is 6.16. The summed E-state index contributed by atoms with van der Waals surface area (Å²) >= 11 is 6.63. The van der Waals surface area contributed by atoms with Gasteiger partial charge in [-0.3, -0.25) is 4.99 Å². The molecule has 1 aliphatic heterocycles. The minimum atomic E-state index is 0.110. The molecule has 0 amide bonds. The van der Waals surface area contributed by atoms with Crippen LogP contribution in [0.1, 0.15) is 44.2 Å². The summed E-state index contributed by atoms with van der Waals surface area (Å²) in [7, 11) is 3.77. The highest BCUT2D eigenvalue weighted by atomic mass is 35.5. The van der Waals surface area contributed by atoms with Gasteiger partial charge in [-0.25, -0.2) is 0 Å². The molecule has 4 rings (SSSR count). The number of para-hydroxylation sites is 2. The lowest BCUT2D eigenvalue weighted by Crippen LogP contribution is -2.45. The van der Waals surface area contributed by atoms with Crippen LogP contribution in [-0.4, -0.2) is 25.9 Å². The number of methoxy groups -OCH3 is 1. The summed E-state index contributed by atoms with van der Waals surface area (Å²) in [5, 5.41) is 0.709. The molecule has 0 aliphatic carbocycles. The highest BCUT2D eigenvalue weighted by molar-refractivity contribution is 6.33. The second kappa shape index (κ2) is 8.87. The number of rotatable bonds is 5. The summed E-state index contributed by atoms with van der Waals surface area (Å²) in [6.07, 6.45) is 2.94. The molecule has 0 unspecified atom stereocenters. The van der Waals surface area contributed by atoms with Crippen molar-refractivity contribution in [2.75, 3.05) is 19.1 Å². The molecule has 0 saturated heterocycles. The Morgan fingerprint density at radius 3 is 2.44 bits per heavy atom. The fraction of sp³-hybridized carbons (Fsp3) is 0.296. The van der Waals surface area contributed by atoms with Crippen molar-refractivity contribution in [1.29, 1.82) is 0 Å². The standard InChI is InChI=1S/C27H29ClN2O2/c1-18-16-27(2,3)30(4)24-15-23(28)19(14-22(18)24)17-29-20-10-12-21(13-11-20)32-26-9-7-6-8-25(26)31-5/h6-15,17-18H,16H2,1-5H3/t18-/m1/s1. The third kappa shape index (κ3) is 4.46. The third-order valence-electron chi connectivity index (χ3n) is 6.24. The lowest BCUT2D eigenvalue weighted by molar-refractivity contribution is 0.379. The largest absolute Gasteiger partial charge is 0.493 e. The second-order valence-corrected chi connectivity index (χ2v) is 9.32. The molecule has 0 saturated carbocycles. The number of hydrogen-bond acceptors (Lipinski definition) is 4. The van der Waals surface area contributed by atoms with Crippen LogP contribution in [0.2, 0.25) is 5.02 Å². The first-order valence-electron chi connectivity index (χ1n) is 10.8. The first-order chi connectivity index (χ1) is 15.3. The van der Waals surface area contributed by atoms with E-state index in [0.29, 0.717) is 22.4 Å². The van der Waals surface area contributed by atoms with Gasteiger partial charge in [-0.05, 0) is 80.3 Å². The molecule has 32 heavy (non-hydrogen) atoms. The molecule has 0 aromatic heterocycles. The van der Waals surface area contributed by atoms with Gasteiger partial charge in [0, 0.05) is 30.1 Å². The molecule has 1 atom stereocenters. The molecule has 0 bridgehead atoms. The van der Waals surface area contributed by atoms with E-state index in [-0.39, 0.29) is 5.54 Å². The summed E-state index contributed by atoms with van der Waals surface area (Å²) in [5.41, 5.74) is 4.39. The zero-order valence-electron chi connectivity index (χ0n) is 19.2. The molecular formula is C27H29ClN2O2. The maximum absolute atomic E-state index is 6.63. The lowest BCUT2D eigenvalue weighted by Gasteiger charge is -2.45. The Labute approximate surface area is 195 Å². The molecule has 166 valence electrons. The van der Waals surface area contributed by atoms with Crippen molar-refractivity contribution < 1.29 is 9.47 Å². The van der Waals surface area contributed by atoms with Crippen LogP contribution in [0.4, 0.5) is 11.4 Å². The Bertz CT molecular complexity index is 1140. The number of hydrogen-bond donors (Lipinski definition) is 0. The van der Waals surface area contributed by atoms with Gasteiger partial charge in [-0.15, -0.1) is 0 Å². The molecule has 1 aliphatic rings. The van der Waals surface area contributed by atoms with Gasteiger partial charge in [-0.1, -0.05) is 30.7 Å². The van der Waals surface area contributed by atoms with E-state index >= 15 is 0 Å². The van der Waals surface area contributed by atoms with Crippen molar-refractivity contribution in [1.82, 2.24) is 0 Å². The van der Waals surface area contributed by atoms with E-state index in [2.05, 4.69) is 49.8 Å². The average Bonchev–Trinajstić information content (AvgIpc) is 2.77. The maximum atomic E-state index is 6.63. The van der Waals surface area contributed by atoms with E-state index in [1.165, 1.54) is 11.3 Å². The van der Waals surface area contributed by atoms with E-state index in [1.54, 1.807) is 7.11 Å². The summed E-state index contributed by atoms with van der Waals surface area (Å²) in [4.78, 5) is 6.97. The molecule has 0 spiro atoms. The predicted molar refractivity (Wildman–Crippen MR) is 134 cm³/mol. The van der Waals surface area contributed by atoms with Crippen molar-refractivity contribution in [3.8, 4) is 17.2 Å². The summed E-state index contributed by atoms with van der Waals surface area (Å²) in [5.74, 6) is 2.56. The topological polar surface area (TPSA) is 34.1 Å². The first kappa shape index (κ1) is 22.2. The minimum absolute atomic E-state index is 0.110. The van der Waals surface area contributed by atoms with E-state index < -0.39 is 0 Å². The van der Waals surface area contributed by atoms with Gasteiger partial charge in [0.1, 0.15) is 5.75 Å². The zero-order chi connectivity index (χ0) is 22.9. The normalized spacial score (nSPS) is 17.3. The smallest absolute Gasteiger partial charge is 0.169 e. The van der Waals surface area contributed by atoms with Crippen LogP contribution >= 0.6 is 11.6 Å². The molecule has 5 heteroatoms. The Morgan fingerprint density at radius 1 is 1.06 bits per heavy atom. The minimum Gasteiger partial charge on any atom is -0.493 e. The Hall–Kier alpha value is -2.98. The van der Waals surface area contributed by atoms with Gasteiger partial charge in [0.05, 0.1) is 17.8 Å². The van der Waals surface area contributed by atoms with Gasteiger partial charge in [0.2, 0.25) is 0 Å². The van der Waals surface area contributed by atoms with Gasteiger partial charge in [-0.2, -0.15) is 0 Å². The fourth-order valence-corrected chi connectivity index (χ4v) is 4.48. The number of nitrogens with zero attached hydrogens (tertiary/aromatic N) is 2. The van der Waals surface area contributed by atoms with Crippen LogP contribution in [0.15, 0.2) is 65.7 Å². The number of halogens is 1. The Balaban J connectivity index is 1.53. The highest BCUT2D eigenvalue weighted by Crippen LogP contribution is 2.44. The number of fused-ring (bicyclic) bond motifs is 1. The van der Waals surface area contributed by atoms with Crippen molar-refractivity contribution in [3.05, 3.63) is 76.8 Å². The van der Waals surface area contributed by atoms with E-state index in [0.717, 1.165) is 23.4 Å². The second-order valence-electron chi connectivity index (χ2n) is 8.91. The van der Waals surface area contributed by atoms with Crippen molar-refractivity contribution in [2.45, 2.75) is 38.6 Å². The molecular weight excluding hydrogens is 420 g/mol. The van der Waals surface area contributed by atoms with Gasteiger partial charge < -0.3 is 14.4 Å². The molecule has 0 N–H and O–H groups in total. The summed E-state index contributed by atoms with van der Waals surface area (Å²) in [6.45, 7) is 6.83. The van der Waals surface area contributed by atoms with Crippen LogP contribution in [0.5, 0.6) is 17.2 Å². The molecule has 3 aromatic rings. The van der Waals surface area contributed by atoms with Crippen molar-refractivity contribution in [2.24, 2.45) is 4.99 Å². The summed E-state index contributed by atoms with van der Waals surface area (Å²) < 4.78 is 11.3. The van der Waals surface area contributed by atoms with Crippen LogP contribution < -0.4 is 14.4 Å². The van der Waals surface area contributed by atoms with Crippen LogP contribution in [-0.2, 0) is 0 Å². The first-order valence-corrected chi connectivity index (χ1v) is 11.2. The molecule has 0 fully saturated rings. The average molecular weight is 449 g/mol. The van der Waals surface area contributed by atoms with Crippen molar-refractivity contribution in [3.63, 3.8) is 0 Å². The van der Waals surface area contributed by atoms with Gasteiger partial charge in [0.15, 0.2) is 11.5 Å². The number of anilines is 1. The number of aliphatic imine (C=N–C) groups is 1. The van der Waals surface area contributed by atoms with E-state index in [9.17, 15) is 0 Å². The zero-order valence-corrected chi connectivity index (χ0v) is 20.0. The Morgan fingerprint density at radius 2 is 1.75 bits per heavy atom. The lowest BCUT2D eigenvalue weighted by atomic mass is 9.80. The fourth-order valence-electron chi connectivity index (χ4n) is 4.28. The number of ether oxygens (including phenoxy) is 2. The predicted octanol–water partition coefficient (Wildman–Crippen LogP) is 7.61. The van der Waals surface area contributed by atoms with Crippen molar-refractivity contribution >= 4 is 29.2 Å². The SMILES string of the molecule is COc1ccccc1Oc1ccc(N=Cc2cc3c(cc2Cl)N(C)C(C)(C)C[C@H]3C)cc1. The van der Waals surface area contributed by atoms with Gasteiger partial charge in [0.25, 0.3) is 0 Å². The van der Waals surface area contributed by atoms with Gasteiger partial charge >= 0.3 is 0 Å². The molecule has 4 nitrogen and oxygen atoms in total. The molecule has 1 heterocycles. The van der Waals surface area contributed by atoms with Crippen LogP contribution in [0.25, 0.3) is 0 Å². The summed E-state index contributed by atoms with van der Waals surface area (Å²) in [6, 6.07) is 19.5. The monoisotopic (exact) mass is 448 g/mol. The van der Waals surface area contributed by atoms with E-state index in [4.69, 9.17) is 21.1 Å². The third-order valence-corrected chi connectivity index (χ3v) is 6.57. The van der Waals surface area contributed by atoms with Crippen LogP contribution in [0.3, 0.4) is 0 Å². The van der Waals surface area contributed by atoms with Crippen LogP contribution in [0, 0.1) is 0 Å². The number of benzene rings is 3. The highest BCUT2D eigenvalue weighted by Gasteiger charge is 2.34. The van der Waals surface area contributed by atoms with E-state index in [1.807, 2.05) is 54.7 Å². The maximum Gasteiger partial charge on any atom is 0.169 e. The quantitative estimate of drug-likeness (QED) is 0.376. The molecule has 3 aromatic carbocycles. The molecule has 0 radical (unpaired) electrons.